The fraction of sp³-hybridized carbons (Fsp3) is 0.615. The van der Waals surface area contributed by atoms with Crippen molar-refractivity contribution >= 4 is 29.5 Å². The SMILES string of the molecule is CN1C[C@@H](C(=O)[C@H](CC(=O)O)NC(=O)[C@@H](N)CC(=O)O)CC1=O. The van der Waals surface area contributed by atoms with Crippen molar-refractivity contribution in [1.29, 1.82) is 0 Å². The molecule has 0 aromatic heterocycles. The number of carboxylic acid groups (broad SMARTS) is 2. The lowest BCUT2D eigenvalue weighted by atomic mass is 9.94. The van der Waals surface area contributed by atoms with Crippen molar-refractivity contribution < 1.29 is 34.2 Å². The van der Waals surface area contributed by atoms with Crippen molar-refractivity contribution in [3.8, 4) is 0 Å². The maximum absolute atomic E-state index is 12.3. The number of carbonyl (C=O) groups excluding carboxylic acids is 3. The fourth-order valence-corrected chi connectivity index (χ4v) is 2.30. The van der Waals surface area contributed by atoms with Crippen LogP contribution in [-0.4, -0.2) is 70.3 Å². The van der Waals surface area contributed by atoms with E-state index in [1.807, 2.05) is 0 Å². The van der Waals surface area contributed by atoms with Crippen LogP contribution in [0.15, 0.2) is 0 Å². The van der Waals surface area contributed by atoms with E-state index in [-0.39, 0.29) is 18.9 Å². The second-order valence-electron chi connectivity index (χ2n) is 5.44. The second kappa shape index (κ2) is 7.68. The van der Waals surface area contributed by atoms with Gasteiger partial charge in [0, 0.05) is 25.9 Å². The summed E-state index contributed by atoms with van der Waals surface area (Å²) in [5.41, 5.74) is 5.38. The molecule has 1 aliphatic rings. The zero-order valence-electron chi connectivity index (χ0n) is 12.5. The largest absolute Gasteiger partial charge is 0.481 e. The van der Waals surface area contributed by atoms with Crippen molar-refractivity contribution in [2.24, 2.45) is 11.7 Å². The number of nitrogens with zero attached hydrogens (tertiary/aromatic N) is 1. The lowest BCUT2D eigenvalue weighted by molar-refractivity contribution is -0.142. The number of ketones is 1. The van der Waals surface area contributed by atoms with E-state index in [0.29, 0.717) is 0 Å². The minimum Gasteiger partial charge on any atom is -0.481 e. The van der Waals surface area contributed by atoms with Gasteiger partial charge >= 0.3 is 11.9 Å². The normalized spacial score (nSPS) is 20.0. The number of hydrogen-bond donors (Lipinski definition) is 4. The summed E-state index contributed by atoms with van der Waals surface area (Å²) in [5.74, 6) is -5.07. The molecule has 0 spiro atoms. The molecule has 1 rings (SSSR count). The van der Waals surface area contributed by atoms with Gasteiger partial charge in [0.15, 0.2) is 5.78 Å². The summed E-state index contributed by atoms with van der Waals surface area (Å²) in [7, 11) is 1.52. The molecular formula is C13H19N3O7. The zero-order chi connectivity index (χ0) is 17.7. The van der Waals surface area contributed by atoms with E-state index in [0.717, 1.165) is 0 Å². The van der Waals surface area contributed by atoms with E-state index in [2.05, 4.69) is 5.32 Å². The van der Waals surface area contributed by atoms with Gasteiger partial charge in [-0.05, 0) is 0 Å². The molecular weight excluding hydrogens is 310 g/mol. The van der Waals surface area contributed by atoms with E-state index in [1.165, 1.54) is 11.9 Å². The number of amides is 2. The van der Waals surface area contributed by atoms with Crippen LogP contribution in [0.25, 0.3) is 0 Å². The number of nitrogens with two attached hydrogens (primary N) is 1. The molecule has 5 N–H and O–H groups in total. The molecule has 0 aromatic rings. The van der Waals surface area contributed by atoms with E-state index in [9.17, 15) is 24.0 Å². The summed E-state index contributed by atoms with van der Waals surface area (Å²) >= 11 is 0. The summed E-state index contributed by atoms with van der Waals surface area (Å²) in [6.45, 7) is 0.144. The van der Waals surface area contributed by atoms with Crippen LogP contribution in [0.4, 0.5) is 0 Å². The number of rotatable bonds is 8. The fourth-order valence-electron chi connectivity index (χ4n) is 2.30. The quantitative estimate of drug-likeness (QED) is 0.389. The second-order valence-corrected chi connectivity index (χ2v) is 5.44. The van der Waals surface area contributed by atoms with Crippen LogP contribution >= 0.6 is 0 Å². The van der Waals surface area contributed by atoms with Gasteiger partial charge in [-0.15, -0.1) is 0 Å². The Kier molecular flexibility index (Phi) is 6.19. The molecule has 1 heterocycles. The van der Waals surface area contributed by atoms with E-state index < -0.39 is 54.5 Å². The molecule has 3 atom stereocenters. The zero-order valence-corrected chi connectivity index (χ0v) is 12.5. The minimum absolute atomic E-state index is 0.0531. The van der Waals surface area contributed by atoms with Crippen molar-refractivity contribution in [3.05, 3.63) is 0 Å². The molecule has 10 nitrogen and oxygen atoms in total. The minimum atomic E-state index is -1.40. The average Bonchev–Trinajstić information content (AvgIpc) is 2.75. The van der Waals surface area contributed by atoms with Gasteiger partial charge < -0.3 is 26.2 Å². The first kappa shape index (κ1) is 18.6. The maximum Gasteiger partial charge on any atom is 0.305 e. The summed E-state index contributed by atoms with van der Waals surface area (Å²) in [5, 5.41) is 19.6. The van der Waals surface area contributed by atoms with Crippen LogP contribution in [0.1, 0.15) is 19.3 Å². The van der Waals surface area contributed by atoms with Crippen LogP contribution in [-0.2, 0) is 24.0 Å². The van der Waals surface area contributed by atoms with Gasteiger partial charge in [-0.25, -0.2) is 0 Å². The van der Waals surface area contributed by atoms with E-state index >= 15 is 0 Å². The molecule has 0 saturated carbocycles. The van der Waals surface area contributed by atoms with Gasteiger partial charge in [0.05, 0.1) is 24.9 Å². The van der Waals surface area contributed by atoms with Crippen LogP contribution in [0.2, 0.25) is 0 Å². The molecule has 1 fully saturated rings. The number of hydrogen-bond acceptors (Lipinski definition) is 6. The lowest BCUT2D eigenvalue weighted by Crippen LogP contribution is -2.51. The summed E-state index contributed by atoms with van der Waals surface area (Å²) < 4.78 is 0. The average molecular weight is 329 g/mol. The number of Topliss-reactive ketones (excluding diaryl/α,β-unsaturated/α-hetero) is 1. The monoisotopic (exact) mass is 329 g/mol. The van der Waals surface area contributed by atoms with Crippen molar-refractivity contribution in [2.75, 3.05) is 13.6 Å². The number of likely N-dealkylation sites (tertiary alicyclic amines) is 1. The Morgan fingerprint density at radius 1 is 1.26 bits per heavy atom. The van der Waals surface area contributed by atoms with Gasteiger partial charge in [0.25, 0.3) is 0 Å². The first-order valence-electron chi connectivity index (χ1n) is 6.89. The van der Waals surface area contributed by atoms with Crippen LogP contribution in [0.3, 0.4) is 0 Å². The Bertz CT molecular complexity index is 534. The summed E-state index contributed by atoms with van der Waals surface area (Å²) in [4.78, 5) is 58.4. The van der Waals surface area contributed by atoms with Gasteiger partial charge in [0.1, 0.15) is 0 Å². The number of carbonyl (C=O) groups is 5. The predicted molar refractivity (Wildman–Crippen MR) is 75.2 cm³/mol. The highest BCUT2D eigenvalue weighted by atomic mass is 16.4. The van der Waals surface area contributed by atoms with E-state index in [1.54, 1.807) is 0 Å². The summed E-state index contributed by atoms with van der Waals surface area (Å²) in [6, 6.07) is -2.76. The van der Waals surface area contributed by atoms with Crippen LogP contribution < -0.4 is 11.1 Å². The number of aliphatic carboxylic acids is 2. The Morgan fingerprint density at radius 3 is 2.26 bits per heavy atom. The summed E-state index contributed by atoms with van der Waals surface area (Å²) in [6.07, 6.45) is -1.37. The van der Waals surface area contributed by atoms with Crippen LogP contribution in [0, 0.1) is 5.92 Å². The number of carboxylic acids is 2. The van der Waals surface area contributed by atoms with Gasteiger partial charge in [-0.2, -0.15) is 0 Å². The number of nitrogens with one attached hydrogen (secondary N) is 1. The third-order valence-corrected chi connectivity index (χ3v) is 3.51. The van der Waals surface area contributed by atoms with Gasteiger partial charge in [0.2, 0.25) is 11.8 Å². The molecule has 1 saturated heterocycles. The third kappa shape index (κ3) is 5.33. The molecule has 0 radical (unpaired) electrons. The van der Waals surface area contributed by atoms with Crippen LogP contribution in [0.5, 0.6) is 0 Å². The maximum atomic E-state index is 12.3. The first-order chi connectivity index (χ1) is 10.6. The molecule has 23 heavy (non-hydrogen) atoms. The molecule has 0 aromatic carbocycles. The predicted octanol–water partition coefficient (Wildman–Crippen LogP) is -2.20. The Morgan fingerprint density at radius 2 is 1.83 bits per heavy atom. The Hall–Kier alpha value is -2.49. The van der Waals surface area contributed by atoms with Crippen molar-refractivity contribution in [2.45, 2.75) is 31.3 Å². The molecule has 1 aliphatic heterocycles. The highest BCUT2D eigenvalue weighted by Gasteiger charge is 2.37. The lowest BCUT2D eigenvalue weighted by Gasteiger charge is -2.20. The van der Waals surface area contributed by atoms with Crippen molar-refractivity contribution in [1.82, 2.24) is 10.2 Å². The molecule has 0 bridgehead atoms. The highest BCUT2D eigenvalue weighted by Crippen LogP contribution is 2.19. The van der Waals surface area contributed by atoms with Gasteiger partial charge in [-0.3, -0.25) is 24.0 Å². The molecule has 0 unspecified atom stereocenters. The highest BCUT2D eigenvalue weighted by molar-refractivity contribution is 5.98. The molecule has 128 valence electrons. The smallest absolute Gasteiger partial charge is 0.305 e. The molecule has 0 aliphatic carbocycles. The molecule has 10 heteroatoms. The van der Waals surface area contributed by atoms with Crippen molar-refractivity contribution in [3.63, 3.8) is 0 Å². The Labute approximate surface area is 131 Å². The van der Waals surface area contributed by atoms with Gasteiger partial charge in [-0.1, -0.05) is 0 Å². The topological polar surface area (TPSA) is 167 Å². The van der Waals surface area contributed by atoms with E-state index in [4.69, 9.17) is 15.9 Å². The molecule has 2 amide bonds. The Balaban J connectivity index is 2.78. The third-order valence-electron chi connectivity index (χ3n) is 3.51. The first-order valence-corrected chi connectivity index (χ1v) is 6.89. The standard InChI is InChI=1S/C13H19N3O7/c1-16-5-6(2-9(16)17)12(22)8(4-11(20)21)15-13(23)7(14)3-10(18)19/h6-8H,2-5,14H2,1H3,(H,15,23)(H,18,19)(H,20,21)/t6-,7-,8-/m0/s1.